The van der Waals surface area contributed by atoms with E-state index in [-0.39, 0.29) is 30.5 Å². The molecule has 0 aromatic carbocycles. The van der Waals surface area contributed by atoms with E-state index in [4.69, 9.17) is 0 Å². The number of hydrogen-bond acceptors (Lipinski definition) is 4. The Bertz CT molecular complexity index is 749. The minimum absolute atomic E-state index is 0.000975. The van der Waals surface area contributed by atoms with Crippen LogP contribution in [0.1, 0.15) is 31.9 Å². The first-order valence-corrected chi connectivity index (χ1v) is 9.86. The summed E-state index contributed by atoms with van der Waals surface area (Å²) in [5.41, 5.74) is 1.82. The molecule has 1 unspecified atom stereocenters. The molecule has 0 N–H and O–H groups in total. The summed E-state index contributed by atoms with van der Waals surface area (Å²) in [6.45, 7) is 3.66. The lowest BCUT2D eigenvalue weighted by Crippen LogP contribution is -2.34. The van der Waals surface area contributed by atoms with Crippen LogP contribution in [0, 0.1) is 6.92 Å². The highest BCUT2D eigenvalue weighted by molar-refractivity contribution is 7.99. The average molecular weight is 400 g/mol. The Hall–Kier alpha value is -2.03. The molecule has 0 fully saturated rings. The number of aromatic nitrogens is 3. The van der Waals surface area contributed by atoms with E-state index in [9.17, 15) is 18.0 Å². The molecule has 0 spiro atoms. The van der Waals surface area contributed by atoms with Crippen molar-refractivity contribution in [3.63, 3.8) is 0 Å². The van der Waals surface area contributed by atoms with Crippen molar-refractivity contribution in [1.82, 2.24) is 14.8 Å². The zero-order chi connectivity index (χ0) is 20.0. The number of anilines is 1. The molecular weight excluding hydrogens is 377 g/mol. The molecular formula is C18H23F3N4OS. The predicted molar refractivity (Wildman–Crippen MR) is 101 cm³/mol. The van der Waals surface area contributed by atoms with Crippen molar-refractivity contribution in [2.75, 3.05) is 17.7 Å². The molecule has 0 radical (unpaired) electrons. The van der Waals surface area contributed by atoms with Crippen molar-refractivity contribution in [3.05, 3.63) is 36.4 Å². The standard InChI is InChI=1S/C18H23F3N4OS/c1-13(27-3)10-17(26)24(9-5-7-18(19,20)21)16-12-25(23-14(16)2)15-6-4-8-22-11-15/h4,6,8,11-13H,5,7,9-10H2,1-3H3. The summed E-state index contributed by atoms with van der Waals surface area (Å²) in [5.74, 6) is -0.201. The van der Waals surface area contributed by atoms with E-state index in [0.717, 1.165) is 0 Å². The molecule has 2 aromatic heterocycles. The lowest BCUT2D eigenvalue weighted by Gasteiger charge is -2.23. The number of amides is 1. The van der Waals surface area contributed by atoms with E-state index in [0.29, 0.717) is 17.1 Å². The van der Waals surface area contributed by atoms with E-state index in [1.54, 1.807) is 48.0 Å². The molecule has 9 heteroatoms. The Morgan fingerprint density at radius 2 is 2.15 bits per heavy atom. The second-order valence-electron chi connectivity index (χ2n) is 6.27. The molecule has 27 heavy (non-hydrogen) atoms. The molecule has 0 saturated carbocycles. The fourth-order valence-corrected chi connectivity index (χ4v) is 2.90. The van der Waals surface area contributed by atoms with Crippen LogP contribution in [0.3, 0.4) is 0 Å². The van der Waals surface area contributed by atoms with Gasteiger partial charge in [-0.05, 0) is 31.7 Å². The van der Waals surface area contributed by atoms with E-state index in [1.807, 2.05) is 19.2 Å². The zero-order valence-electron chi connectivity index (χ0n) is 15.5. The van der Waals surface area contributed by atoms with Gasteiger partial charge in [0.1, 0.15) is 0 Å². The topological polar surface area (TPSA) is 51.0 Å². The number of halogens is 3. The van der Waals surface area contributed by atoms with Crippen LogP contribution >= 0.6 is 11.8 Å². The van der Waals surface area contributed by atoms with Gasteiger partial charge in [0.05, 0.1) is 29.5 Å². The van der Waals surface area contributed by atoms with Gasteiger partial charge < -0.3 is 4.90 Å². The summed E-state index contributed by atoms with van der Waals surface area (Å²) >= 11 is 1.54. The first kappa shape index (κ1) is 21.3. The maximum absolute atomic E-state index is 12.7. The number of pyridine rings is 1. The number of hydrogen-bond donors (Lipinski definition) is 0. The SMILES string of the molecule is CSC(C)CC(=O)N(CCCC(F)(F)F)c1cn(-c2cccnc2)nc1C. The van der Waals surface area contributed by atoms with E-state index < -0.39 is 12.6 Å². The Kier molecular flexibility index (Phi) is 7.29. The summed E-state index contributed by atoms with van der Waals surface area (Å²) in [7, 11) is 0. The number of carbonyl (C=O) groups is 1. The van der Waals surface area contributed by atoms with Crippen LogP contribution in [0.5, 0.6) is 0 Å². The minimum Gasteiger partial charge on any atom is -0.309 e. The highest BCUT2D eigenvalue weighted by Crippen LogP contribution is 2.26. The number of thioether (sulfide) groups is 1. The van der Waals surface area contributed by atoms with Crippen LogP contribution in [0.2, 0.25) is 0 Å². The fraction of sp³-hybridized carbons (Fsp3) is 0.500. The molecule has 1 atom stereocenters. The van der Waals surface area contributed by atoms with Crippen molar-refractivity contribution >= 4 is 23.4 Å². The van der Waals surface area contributed by atoms with Crippen LogP contribution in [-0.2, 0) is 4.79 Å². The van der Waals surface area contributed by atoms with Crippen molar-refractivity contribution in [2.45, 2.75) is 44.5 Å². The normalized spacial score (nSPS) is 12.8. The fourth-order valence-electron chi connectivity index (χ4n) is 2.59. The van der Waals surface area contributed by atoms with Gasteiger partial charge in [0.15, 0.2) is 0 Å². The monoisotopic (exact) mass is 400 g/mol. The van der Waals surface area contributed by atoms with Gasteiger partial charge in [0.25, 0.3) is 0 Å². The van der Waals surface area contributed by atoms with Gasteiger partial charge in [-0.2, -0.15) is 30.0 Å². The predicted octanol–water partition coefficient (Wildman–Crippen LogP) is 4.39. The number of carbonyl (C=O) groups excluding carboxylic acids is 1. The largest absolute Gasteiger partial charge is 0.389 e. The van der Waals surface area contributed by atoms with E-state index in [2.05, 4.69) is 10.1 Å². The molecule has 2 heterocycles. The highest BCUT2D eigenvalue weighted by Gasteiger charge is 2.28. The van der Waals surface area contributed by atoms with E-state index >= 15 is 0 Å². The molecule has 0 aliphatic heterocycles. The number of nitrogens with zero attached hydrogens (tertiary/aromatic N) is 4. The van der Waals surface area contributed by atoms with Crippen molar-refractivity contribution < 1.29 is 18.0 Å². The maximum Gasteiger partial charge on any atom is 0.389 e. The summed E-state index contributed by atoms with van der Waals surface area (Å²) in [4.78, 5) is 18.2. The van der Waals surface area contributed by atoms with Gasteiger partial charge in [-0.15, -0.1) is 0 Å². The first-order valence-electron chi connectivity index (χ1n) is 8.58. The van der Waals surface area contributed by atoms with E-state index in [1.165, 1.54) is 4.90 Å². The van der Waals surface area contributed by atoms with Crippen LogP contribution in [0.25, 0.3) is 5.69 Å². The molecule has 0 bridgehead atoms. The van der Waals surface area contributed by atoms with Gasteiger partial charge in [-0.25, -0.2) is 4.68 Å². The third-order valence-corrected chi connectivity index (χ3v) is 5.05. The van der Waals surface area contributed by atoms with Crippen LogP contribution in [0.4, 0.5) is 18.9 Å². The molecule has 148 valence electrons. The second-order valence-corrected chi connectivity index (χ2v) is 7.55. The Morgan fingerprint density at radius 3 is 2.74 bits per heavy atom. The van der Waals surface area contributed by atoms with Gasteiger partial charge in [-0.3, -0.25) is 9.78 Å². The second kappa shape index (κ2) is 9.25. The van der Waals surface area contributed by atoms with Crippen molar-refractivity contribution in [1.29, 1.82) is 0 Å². The zero-order valence-corrected chi connectivity index (χ0v) is 16.3. The molecule has 0 aliphatic rings. The third-order valence-electron chi connectivity index (χ3n) is 4.08. The van der Waals surface area contributed by atoms with Gasteiger partial charge in [-0.1, -0.05) is 6.92 Å². The van der Waals surface area contributed by atoms with Crippen LogP contribution < -0.4 is 4.90 Å². The molecule has 0 aliphatic carbocycles. The molecule has 1 amide bonds. The maximum atomic E-state index is 12.7. The van der Waals surface area contributed by atoms with Crippen LogP contribution in [-0.4, -0.2) is 44.9 Å². The number of alkyl halides is 3. The molecule has 2 rings (SSSR count). The third kappa shape index (κ3) is 6.27. The Balaban J connectivity index is 2.26. The Morgan fingerprint density at radius 1 is 1.41 bits per heavy atom. The minimum atomic E-state index is -4.24. The lowest BCUT2D eigenvalue weighted by molar-refractivity contribution is -0.135. The highest BCUT2D eigenvalue weighted by atomic mass is 32.2. The summed E-state index contributed by atoms with van der Waals surface area (Å²) in [5, 5.41) is 4.48. The molecule has 2 aromatic rings. The van der Waals surface area contributed by atoms with Gasteiger partial charge >= 0.3 is 6.18 Å². The van der Waals surface area contributed by atoms with Crippen LogP contribution in [0.15, 0.2) is 30.7 Å². The quantitative estimate of drug-likeness (QED) is 0.659. The Labute approximate surface area is 161 Å². The number of rotatable bonds is 8. The van der Waals surface area contributed by atoms with Crippen molar-refractivity contribution in [3.8, 4) is 5.69 Å². The summed E-state index contributed by atoms with van der Waals surface area (Å²) < 4.78 is 39.2. The average Bonchev–Trinajstić information content (AvgIpc) is 3.00. The van der Waals surface area contributed by atoms with Gasteiger partial charge in [0.2, 0.25) is 5.91 Å². The first-order chi connectivity index (χ1) is 12.7. The smallest absolute Gasteiger partial charge is 0.309 e. The molecule has 0 saturated heterocycles. The molecule has 5 nitrogen and oxygen atoms in total. The lowest BCUT2D eigenvalue weighted by atomic mass is 10.2. The van der Waals surface area contributed by atoms with Crippen molar-refractivity contribution in [2.24, 2.45) is 0 Å². The van der Waals surface area contributed by atoms with Gasteiger partial charge in [0, 0.05) is 30.8 Å². The summed E-state index contributed by atoms with van der Waals surface area (Å²) in [6, 6.07) is 3.58. The summed E-state index contributed by atoms with van der Waals surface area (Å²) in [6.07, 6.45) is 1.77. The number of aryl methyl sites for hydroxylation is 1.